The third-order valence-electron chi connectivity index (χ3n) is 5.29. The van der Waals surface area contributed by atoms with Gasteiger partial charge in [-0.15, -0.1) is 11.3 Å². The molecule has 2 atom stereocenters. The van der Waals surface area contributed by atoms with Crippen molar-refractivity contribution in [3.63, 3.8) is 0 Å². The first-order valence-corrected chi connectivity index (χ1v) is 9.50. The van der Waals surface area contributed by atoms with E-state index in [0.717, 1.165) is 49.5 Å². The molecule has 0 amide bonds. The Morgan fingerprint density at radius 2 is 1.79 bits per heavy atom. The maximum absolute atomic E-state index is 4.56. The SMILES string of the molecule is c1ccc([C@@H]2C[C@H]2N2CCN(c3ncnc4ccsc34)CC2)cc1. The van der Waals surface area contributed by atoms with Crippen LogP contribution in [0.2, 0.25) is 0 Å². The van der Waals surface area contributed by atoms with Crippen molar-refractivity contribution in [1.29, 1.82) is 0 Å². The van der Waals surface area contributed by atoms with Crippen molar-refractivity contribution in [2.75, 3.05) is 31.1 Å². The van der Waals surface area contributed by atoms with E-state index in [9.17, 15) is 0 Å². The number of nitrogens with zero attached hydrogens (tertiary/aromatic N) is 4. The molecule has 0 bridgehead atoms. The molecule has 122 valence electrons. The molecule has 2 aromatic heterocycles. The van der Waals surface area contributed by atoms with E-state index in [1.807, 2.05) is 0 Å². The maximum Gasteiger partial charge on any atom is 0.150 e. The van der Waals surface area contributed by atoms with E-state index >= 15 is 0 Å². The van der Waals surface area contributed by atoms with Crippen LogP contribution < -0.4 is 4.90 Å². The predicted octanol–water partition coefficient (Wildman–Crippen LogP) is 3.37. The second-order valence-electron chi connectivity index (χ2n) is 6.68. The van der Waals surface area contributed by atoms with Crippen LogP contribution in [0, 0.1) is 0 Å². The standard InChI is InChI=1S/C19H20N4S/c1-2-4-14(5-3-1)15-12-17(15)22-7-9-23(10-8-22)19-18-16(6-11-24-18)20-13-21-19/h1-6,11,13,15,17H,7-10,12H2/t15-,17+/m0/s1. The van der Waals surface area contributed by atoms with Gasteiger partial charge >= 0.3 is 0 Å². The van der Waals surface area contributed by atoms with Gasteiger partial charge in [-0.1, -0.05) is 30.3 Å². The molecule has 1 aromatic carbocycles. The van der Waals surface area contributed by atoms with Crippen molar-refractivity contribution in [1.82, 2.24) is 14.9 Å². The first-order valence-electron chi connectivity index (χ1n) is 8.62. The van der Waals surface area contributed by atoms with Gasteiger partial charge in [0.2, 0.25) is 0 Å². The molecule has 1 saturated carbocycles. The summed E-state index contributed by atoms with van der Waals surface area (Å²) in [5.74, 6) is 1.85. The lowest BCUT2D eigenvalue weighted by Gasteiger charge is -2.35. The van der Waals surface area contributed by atoms with Crippen molar-refractivity contribution >= 4 is 27.4 Å². The Labute approximate surface area is 145 Å². The zero-order chi connectivity index (χ0) is 15.9. The van der Waals surface area contributed by atoms with Gasteiger partial charge in [-0.25, -0.2) is 9.97 Å². The lowest BCUT2D eigenvalue weighted by Crippen LogP contribution is -2.47. The molecule has 0 N–H and O–H groups in total. The van der Waals surface area contributed by atoms with Crippen LogP contribution >= 0.6 is 11.3 Å². The van der Waals surface area contributed by atoms with E-state index in [1.54, 1.807) is 17.7 Å². The van der Waals surface area contributed by atoms with Crippen molar-refractivity contribution in [2.45, 2.75) is 18.4 Å². The molecule has 1 aliphatic carbocycles. The molecule has 5 rings (SSSR count). The molecule has 0 spiro atoms. The van der Waals surface area contributed by atoms with Gasteiger partial charge < -0.3 is 4.90 Å². The normalized spacial score (nSPS) is 24.4. The van der Waals surface area contributed by atoms with Gasteiger partial charge in [0.1, 0.15) is 12.1 Å². The minimum atomic E-state index is 0.737. The number of aromatic nitrogens is 2. The fraction of sp³-hybridized carbons (Fsp3) is 0.368. The van der Waals surface area contributed by atoms with Gasteiger partial charge in [0.15, 0.2) is 0 Å². The number of rotatable bonds is 3. The zero-order valence-corrected chi connectivity index (χ0v) is 14.3. The van der Waals surface area contributed by atoms with Crippen molar-refractivity contribution in [3.8, 4) is 0 Å². The first kappa shape index (κ1) is 14.4. The minimum absolute atomic E-state index is 0.737. The monoisotopic (exact) mass is 336 g/mol. The first-order chi connectivity index (χ1) is 11.9. The molecule has 1 aliphatic heterocycles. The lowest BCUT2D eigenvalue weighted by atomic mass is 10.1. The molecule has 2 fully saturated rings. The van der Waals surface area contributed by atoms with E-state index in [1.165, 1.54) is 16.7 Å². The lowest BCUT2D eigenvalue weighted by molar-refractivity contribution is 0.244. The molecular weight excluding hydrogens is 316 g/mol. The molecule has 0 unspecified atom stereocenters. The number of hydrogen-bond donors (Lipinski definition) is 0. The van der Waals surface area contributed by atoms with Gasteiger partial charge in [0.05, 0.1) is 10.2 Å². The maximum atomic E-state index is 4.56. The van der Waals surface area contributed by atoms with Crippen LogP contribution in [0.1, 0.15) is 17.9 Å². The molecule has 1 saturated heterocycles. The van der Waals surface area contributed by atoms with E-state index in [0.29, 0.717) is 0 Å². The van der Waals surface area contributed by atoms with E-state index < -0.39 is 0 Å². The zero-order valence-electron chi connectivity index (χ0n) is 13.5. The van der Waals surface area contributed by atoms with E-state index in [2.05, 4.69) is 61.5 Å². The second kappa shape index (κ2) is 5.83. The summed E-state index contributed by atoms with van der Waals surface area (Å²) in [6.07, 6.45) is 3.01. The van der Waals surface area contributed by atoms with Crippen LogP contribution in [0.3, 0.4) is 0 Å². The number of fused-ring (bicyclic) bond motifs is 1. The third-order valence-corrected chi connectivity index (χ3v) is 6.19. The van der Waals surface area contributed by atoms with Crippen LogP contribution in [0.4, 0.5) is 5.82 Å². The Hall–Kier alpha value is -1.98. The number of anilines is 1. The Morgan fingerprint density at radius 1 is 0.958 bits per heavy atom. The molecule has 2 aliphatic rings. The Bertz CT molecular complexity index is 839. The summed E-state index contributed by atoms with van der Waals surface area (Å²) in [4.78, 5) is 14.0. The third kappa shape index (κ3) is 2.48. The molecule has 3 heterocycles. The highest BCUT2D eigenvalue weighted by molar-refractivity contribution is 7.17. The topological polar surface area (TPSA) is 32.3 Å². The summed E-state index contributed by atoms with van der Waals surface area (Å²) in [7, 11) is 0. The molecule has 5 heteroatoms. The predicted molar refractivity (Wildman–Crippen MR) is 98.8 cm³/mol. The van der Waals surface area contributed by atoms with Crippen molar-refractivity contribution < 1.29 is 0 Å². The molecule has 24 heavy (non-hydrogen) atoms. The summed E-state index contributed by atoms with van der Waals surface area (Å²) in [6.45, 7) is 4.37. The van der Waals surface area contributed by atoms with Crippen LogP contribution in [0.25, 0.3) is 10.2 Å². The second-order valence-corrected chi connectivity index (χ2v) is 7.59. The van der Waals surface area contributed by atoms with Gasteiger partial charge in [0.25, 0.3) is 0 Å². The van der Waals surface area contributed by atoms with Gasteiger partial charge in [-0.05, 0) is 23.4 Å². The Morgan fingerprint density at radius 3 is 2.62 bits per heavy atom. The molecular formula is C19H20N4S. The van der Waals surface area contributed by atoms with E-state index in [4.69, 9.17) is 0 Å². The van der Waals surface area contributed by atoms with Gasteiger partial charge in [-0.2, -0.15) is 0 Å². The average Bonchev–Trinajstić information content (AvgIpc) is 3.31. The summed E-state index contributed by atoms with van der Waals surface area (Å²) < 4.78 is 1.22. The van der Waals surface area contributed by atoms with Crippen LogP contribution in [-0.2, 0) is 0 Å². The number of thiophene rings is 1. The summed E-state index contributed by atoms with van der Waals surface area (Å²) in [5.41, 5.74) is 2.57. The Balaban J connectivity index is 1.26. The summed E-state index contributed by atoms with van der Waals surface area (Å²) in [6, 6.07) is 13.8. The van der Waals surface area contributed by atoms with Crippen LogP contribution in [0.5, 0.6) is 0 Å². The van der Waals surface area contributed by atoms with Crippen molar-refractivity contribution in [3.05, 3.63) is 53.7 Å². The quantitative estimate of drug-likeness (QED) is 0.734. The molecule has 4 nitrogen and oxygen atoms in total. The smallest absolute Gasteiger partial charge is 0.150 e. The highest BCUT2D eigenvalue weighted by Gasteiger charge is 2.43. The minimum Gasteiger partial charge on any atom is -0.353 e. The number of hydrogen-bond acceptors (Lipinski definition) is 5. The van der Waals surface area contributed by atoms with Gasteiger partial charge in [-0.3, -0.25) is 4.90 Å². The summed E-state index contributed by atoms with van der Waals surface area (Å²) >= 11 is 1.74. The number of benzene rings is 1. The average molecular weight is 336 g/mol. The summed E-state index contributed by atoms with van der Waals surface area (Å²) in [5, 5.41) is 2.10. The fourth-order valence-electron chi connectivity index (χ4n) is 3.91. The van der Waals surface area contributed by atoms with Gasteiger partial charge in [0, 0.05) is 38.1 Å². The highest BCUT2D eigenvalue weighted by atomic mass is 32.1. The van der Waals surface area contributed by atoms with Crippen LogP contribution in [-0.4, -0.2) is 47.1 Å². The van der Waals surface area contributed by atoms with Crippen molar-refractivity contribution in [2.24, 2.45) is 0 Å². The van der Waals surface area contributed by atoms with E-state index in [-0.39, 0.29) is 0 Å². The largest absolute Gasteiger partial charge is 0.353 e. The van der Waals surface area contributed by atoms with Crippen LogP contribution in [0.15, 0.2) is 48.1 Å². The number of piperazine rings is 1. The highest BCUT2D eigenvalue weighted by Crippen LogP contribution is 2.45. The fourth-order valence-corrected chi connectivity index (χ4v) is 4.77. The molecule has 3 aromatic rings. The molecule has 0 radical (unpaired) electrons. The Kier molecular flexibility index (Phi) is 3.49.